The van der Waals surface area contributed by atoms with Crippen LogP contribution < -0.4 is 5.32 Å². The van der Waals surface area contributed by atoms with E-state index < -0.39 is 0 Å². The number of thiazole rings is 1. The van der Waals surface area contributed by atoms with Crippen LogP contribution in [-0.2, 0) is 11.3 Å². The van der Waals surface area contributed by atoms with E-state index in [4.69, 9.17) is 0 Å². The highest BCUT2D eigenvalue weighted by Gasteiger charge is 2.15. The molecular formula is C19H15N5OS. The van der Waals surface area contributed by atoms with Crippen LogP contribution in [0.1, 0.15) is 5.56 Å². The fourth-order valence-corrected chi connectivity index (χ4v) is 3.46. The molecule has 2 N–H and O–H groups in total. The second-order valence-electron chi connectivity index (χ2n) is 5.64. The smallest absolute Gasteiger partial charge is 0.243 e. The van der Waals surface area contributed by atoms with E-state index in [0.717, 1.165) is 38.3 Å². The van der Waals surface area contributed by atoms with E-state index in [1.165, 1.54) is 6.08 Å². The SMILES string of the molecule is C=CC(=O)NCc1cccc(-c2ncnc3[nH]cc(-c4cncs4)c23)c1. The summed E-state index contributed by atoms with van der Waals surface area (Å²) < 4.78 is 0. The van der Waals surface area contributed by atoms with Crippen molar-refractivity contribution in [2.45, 2.75) is 6.54 Å². The Morgan fingerprint density at radius 3 is 3.08 bits per heavy atom. The van der Waals surface area contributed by atoms with E-state index in [0.29, 0.717) is 6.54 Å². The Labute approximate surface area is 153 Å². The topological polar surface area (TPSA) is 83.6 Å². The van der Waals surface area contributed by atoms with Gasteiger partial charge in [0.2, 0.25) is 5.91 Å². The molecule has 0 aliphatic heterocycles. The number of hydrogen-bond donors (Lipinski definition) is 2. The van der Waals surface area contributed by atoms with Crippen LogP contribution in [0.3, 0.4) is 0 Å². The van der Waals surface area contributed by atoms with Crippen molar-refractivity contribution in [1.29, 1.82) is 0 Å². The highest BCUT2D eigenvalue weighted by Crippen LogP contribution is 2.35. The van der Waals surface area contributed by atoms with Crippen LogP contribution in [-0.4, -0.2) is 25.8 Å². The molecule has 0 saturated carbocycles. The van der Waals surface area contributed by atoms with Crippen LogP contribution in [0.25, 0.3) is 32.7 Å². The molecule has 4 aromatic rings. The summed E-state index contributed by atoms with van der Waals surface area (Å²) in [4.78, 5) is 28.7. The number of hydrogen-bond acceptors (Lipinski definition) is 5. The van der Waals surface area contributed by atoms with Gasteiger partial charge in [0.25, 0.3) is 0 Å². The van der Waals surface area contributed by atoms with Gasteiger partial charge in [0, 0.05) is 30.1 Å². The molecule has 3 aromatic heterocycles. The van der Waals surface area contributed by atoms with Gasteiger partial charge in [-0.15, -0.1) is 11.3 Å². The Hall–Kier alpha value is -3.32. The predicted molar refractivity (Wildman–Crippen MR) is 102 cm³/mol. The zero-order chi connectivity index (χ0) is 17.9. The van der Waals surface area contributed by atoms with Gasteiger partial charge in [-0.1, -0.05) is 24.8 Å². The molecule has 0 radical (unpaired) electrons. The van der Waals surface area contributed by atoms with E-state index >= 15 is 0 Å². The molecular weight excluding hydrogens is 346 g/mol. The quantitative estimate of drug-likeness (QED) is 0.533. The van der Waals surface area contributed by atoms with Gasteiger partial charge in [-0.05, 0) is 17.7 Å². The van der Waals surface area contributed by atoms with E-state index in [9.17, 15) is 4.79 Å². The van der Waals surface area contributed by atoms with Crippen LogP contribution in [0.15, 0.2) is 61.2 Å². The Bertz CT molecular complexity index is 1080. The van der Waals surface area contributed by atoms with E-state index in [-0.39, 0.29) is 5.91 Å². The minimum absolute atomic E-state index is 0.196. The average Bonchev–Trinajstić information content (AvgIpc) is 3.35. The third-order valence-electron chi connectivity index (χ3n) is 4.02. The van der Waals surface area contributed by atoms with Crippen molar-refractivity contribution in [2.24, 2.45) is 0 Å². The van der Waals surface area contributed by atoms with Crippen LogP contribution in [0.5, 0.6) is 0 Å². The molecule has 0 bridgehead atoms. The van der Waals surface area contributed by atoms with Crippen LogP contribution in [0.2, 0.25) is 0 Å². The lowest BCUT2D eigenvalue weighted by atomic mass is 10.0. The van der Waals surface area contributed by atoms with Gasteiger partial charge in [-0.25, -0.2) is 9.97 Å². The predicted octanol–water partition coefficient (Wildman–Crippen LogP) is 3.55. The number of amides is 1. The standard InChI is InChI=1S/C19H15N5OS/c1-2-16(25)21-7-12-4-3-5-13(6-12)18-17-14(15-9-20-11-26-15)8-22-19(17)24-10-23-18/h2-6,8-11H,1,7H2,(H,21,25)(H,22,23,24). The molecule has 0 fully saturated rings. The van der Waals surface area contributed by atoms with Crippen LogP contribution in [0, 0.1) is 0 Å². The number of rotatable bonds is 5. The summed E-state index contributed by atoms with van der Waals surface area (Å²) in [7, 11) is 0. The minimum Gasteiger partial charge on any atom is -0.348 e. The normalized spacial score (nSPS) is 10.8. The first kappa shape index (κ1) is 16.2. The molecule has 26 heavy (non-hydrogen) atoms. The summed E-state index contributed by atoms with van der Waals surface area (Å²) in [6.45, 7) is 3.90. The number of carbonyl (C=O) groups is 1. The summed E-state index contributed by atoms with van der Waals surface area (Å²) in [6.07, 6.45) is 6.59. The average molecular weight is 361 g/mol. The van der Waals surface area contributed by atoms with Gasteiger partial charge in [-0.3, -0.25) is 9.78 Å². The number of aromatic nitrogens is 4. The zero-order valence-corrected chi connectivity index (χ0v) is 14.6. The number of nitrogens with one attached hydrogen (secondary N) is 2. The van der Waals surface area contributed by atoms with Crippen LogP contribution >= 0.6 is 11.3 Å². The summed E-state index contributed by atoms with van der Waals surface area (Å²) >= 11 is 1.57. The number of fused-ring (bicyclic) bond motifs is 1. The molecule has 0 spiro atoms. The Balaban J connectivity index is 1.78. The molecule has 6 nitrogen and oxygen atoms in total. The minimum atomic E-state index is -0.196. The second kappa shape index (κ2) is 6.89. The third kappa shape index (κ3) is 3.00. The molecule has 0 unspecified atom stereocenters. The van der Waals surface area contributed by atoms with Crippen molar-refractivity contribution in [1.82, 2.24) is 25.3 Å². The molecule has 1 amide bonds. The van der Waals surface area contributed by atoms with Crippen molar-refractivity contribution in [2.75, 3.05) is 0 Å². The number of nitrogens with zero attached hydrogens (tertiary/aromatic N) is 3. The number of aromatic amines is 1. The molecule has 4 rings (SSSR count). The fourth-order valence-electron chi connectivity index (χ4n) is 2.81. The molecule has 0 atom stereocenters. The first-order valence-electron chi connectivity index (χ1n) is 7.97. The zero-order valence-electron chi connectivity index (χ0n) is 13.8. The number of carbonyl (C=O) groups excluding carboxylic acids is 1. The van der Waals surface area contributed by atoms with Crippen molar-refractivity contribution in [3.8, 4) is 21.7 Å². The van der Waals surface area contributed by atoms with Crippen molar-refractivity contribution >= 4 is 28.3 Å². The molecule has 3 heterocycles. The van der Waals surface area contributed by atoms with E-state index in [2.05, 4.69) is 31.8 Å². The second-order valence-corrected chi connectivity index (χ2v) is 6.52. The summed E-state index contributed by atoms with van der Waals surface area (Å²) in [5.74, 6) is -0.196. The first-order chi connectivity index (χ1) is 12.8. The molecule has 1 aromatic carbocycles. The fraction of sp³-hybridized carbons (Fsp3) is 0.0526. The summed E-state index contributed by atoms with van der Waals surface area (Å²) in [5.41, 5.74) is 6.41. The highest BCUT2D eigenvalue weighted by molar-refractivity contribution is 7.13. The molecule has 0 aliphatic carbocycles. The summed E-state index contributed by atoms with van der Waals surface area (Å²) in [5, 5.41) is 3.75. The van der Waals surface area contributed by atoms with Crippen LogP contribution in [0.4, 0.5) is 0 Å². The largest absolute Gasteiger partial charge is 0.348 e. The Kier molecular flexibility index (Phi) is 4.28. The number of H-pyrrole nitrogens is 1. The van der Waals surface area contributed by atoms with E-state index in [1.807, 2.05) is 36.7 Å². The Morgan fingerprint density at radius 1 is 1.35 bits per heavy atom. The lowest BCUT2D eigenvalue weighted by Gasteiger charge is -2.07. The molecule has 0 aliphatic rings. The summed E-state index contributed by atoms with van der Waals surface area (Å²) in [6, 6.07) is 7.95. The molecule has 0 saturated heterocycles. The lowest BCUT2D eigenvalue weighted by molar-refractivity contribution is -0.116. The maximum absolute atomic E-state index is 11.4. The maximum Gasteiger partial charge on any atom is 0.243 e. The number of benzene rings is 1. The van der Waals surface area contributed by atoms with E-state index in [1.54, 1.807) is 23.2 Å². The van der Waals surface area contributed by atoms with Gasteiger partial charge in [0.05, 0.1) is 21.5 Å². The van der Waals surface area contributed by atoms with Crippen molar-refractivity contribution in [3.05, 3.63) is 66.7 Å². The van der Waals surface area contributed by atoms with Gasteiger partial charge < -0.3 is 10.3 Å². The molecule has 7 heteroatoms. The Morgan fingerprint density at radius 2 is 2.27 bits per heavy atom. The van der Waals surface area contributed by atoms with Gasteiger partial charge >= 0.3 is 0 Å². The molecule has 128 valence electrons. The van der Waals surface area contributed by atoms with Gasteiger partial charge in [0.1, 0.15) is 12.0 Å². The third-order valence-corrected chi connectivity index (χ3v) is 4.83. The lowest BCUT2D eigenvalue weighted by Crippen LogP contribution is -2.19. The van der Waals surface area contributed by atoms with Gasteiger partial charge in [-0.2, -0.15) is 0 Å². The first-order valence-corrected chi connectivity index (χ1v) is 8.85. The van der Waals surface area contributed by atoms with Crippen molar-refractivity contribution < 1.29 is 4.79 Å². The highest BCUT2D eigenvalue weighted by atomic mass is 32.1. The maximum atomic E-state index is 11.4. The van der Waals surface area contributed by atoms with Crippen molar-refractivity contribution in [3.63, 3.8) is 0 Å². The monoisotopic (exact) mass is 361 g/mol. The van der Waals surface area contributed by atoms with Gasteiger partial charge in [0.15, 0.2) is 0 Å².